The number of amides is 2. The molecule has 4 heteroatoms. The van der Waals surface area contributed by atoms with Gasteiger partial charge in [-0.25, -0.2) is 4.79 Å². The molecule has 19 heavy (non-hydrogen) atoms. The molecule has 0 spiro atoms. The average Bonchev–Trinajstić information content (AvgIpc) is 2.69. The number of carbonyl (C=O) groups is 1. The molecule has 2 rings (SSSR count). The first-order chi connectivity index (χ1) is 9.09. The van der Waals surface area contributed by atoms with Crippen molar-refractivity contribution in [1.82, 2.24) is 10.2 Å². The Hall–Kier alpha value is -0.770. The first-order valence-corrected chi connectivity index (χ1v) is 7.84. The van der Waals surface area contributed by atoms with Crippen LogP contribution in [0.5, 0.6) is 0 Å². The Labute approximate surface area is 116 Å². The van der Waals surface area contributed by atoms with Crippen LogP contribution in [0.4, 0.5) is 4.79 Å². The molecule has 2 amide bonds. The number of rotatable bonds is 2. The van der Waals surface area contributed by atoms with Crippen LogP contribution in [0.2, 0.25) is 0 Å². The molecule has 2 N–H and O–H groups in total. The monoisotopic (exact) mass is 268 g/mol. The average molecular weight is 268 g/mol. The summed E-state index contributed by atoms with van der Waals surface area (Å²) < 4.78 is 0. The molecule has 1 saturated carbocycles. The first kappa shape index (κ1) is 14.6. The number of nitrogens with one attached hydrogen (secondary N) is 1. The van der Waals surface area contributed by atoms with E-state index < -0.39 is 5.60 Å². The quantitative estimate of drug-likeness (QED) is 0.808. The summed E-state index contributed by atoms with van der Waals surface area (Å²) in [5, 5.41) is 13.4. The third kappa shape index (κ3) is 4.37. The predicted molar refractivity (Wildman–Crippen MR) is 76.0 cm³/mol. The summed E-state index contributed by atoms with van der Waals surface area (Å²) in [4.78, 5) is 14.0. The summed E-state index contributed by atoms with van der Waals surface area (Å²) in [5.74, 6) is 0.710. The second-order valence-corrected chi connectivity index (χ2v) is 6.47. The van der Waals surface area contributed by atoms with E-state index in [0.717, 1.165) is 51.6 Å². The summed E-state index contributed by atoms with van der Waals surface area (Å²) in [6, 6.07) is 0.00828. The fourth-order valence-electron chi connectivity index (χ4n) is 3.10. The standard InChI is InChI=1S/C15H28N2O2/c1-13-6-8-15(19,9-7-13)12-16-14(18)17-10-4-2-3-5-11-17/h13,19H,2-12H2,1H3,(H,16,18). The highest BCUT2D eigenvalue weighted by Crippen LogP contribution is 2.31. The van der Waals surface area contributed by atoms with Crippen LogP contribution in [-0.4, -0.2) is 41.3 Å². The number of likely N-dealkylation sites (tertiary alicyclic amines) is 1. The minimum atomic E-state index is -0.673. The molecule has 4 nitrogen and oxygen atoms in total. The molecule has 0 aromatic heterocycles. The topological polar surface area (TPSA) is 52.6 Å². The normalized spacial score (nSPS) is 32.7. The maximum Gasteiger partial charge on any atom is 0.317 e. The first-order valence-electron chi connectivity index (χ1n) is 7.84. The van der Waals surface area contributed by atoms with Crippen LogP contribution in [0.1, 0.15) is 58.3 Å². The van der Waals surface area contributed by atoms with Crippen molar-refractivity contribution in [1.29, 1.82) is 0 Å². The van der Waals surface area contributed by atoms with Gasteiger partial charge in [0, 0.05) is 19.6 Å². The lowest BCUT2D eigenvalue weighted by Crippen LogP contribution is -2.49. The highest BCUT2D eigenvalue weighted by Gasteiger charge is 2.32. The molecule has 2 aliphatic rings. The predicted octanol–water partition coefficient (Wildman–Crippen LogP) is 2.51. The molecule has 2 fully saturated rings. The number of hydrogen-bond acceptors (Lipinski definition) is 2. The van der Waals surface area contributed by atoms with Crippen molar-refractivity contribution in [3.05, 3.63) is 0 Å². The zero-order valence-electron chi connectivity index (χ0n) is 12.2. The summed E-state index contributed by atoms with van der Waals surface area (Å²) in [6.07, 6.45) is 8.43. The van der Waals surface area contributed by atoms with Crippen LogP contribution in [0, 0.1) is 5.92 Å². The fraction of sp³-hybridized carbons (Fsp3) is 0.933. The van der Waals surface area contributed by atoms with Crippen molar-refractivity contribution in [2.45, 2.75) is 63.9 Å². The van der Waals surface area contributed by atoms with E-state index in [1.807, 2.05) is 4.90 Å². The van der Waals surface area contributed by atoms with Gasteiger partial charge >= 0.3 is 6.03 Å². The van der Waals surface area contributed by atoms with E-state index in [9.17, 15) is 9.90 Å². The Bertz CT molecular complexity index is 291. The zero-order valence-corrected chi connectivity index (χ0v) is 12.2. The van der Waals surface area contributed by atoms with Crippen molar-refractivity contribution < 1.29 is 9.90 Å². The Balaban J connectivity index is 1.76. The van der Waals surface area contributed by atoms with E-state index >= 15 is 0 Å². The number of aliphatic hydroxyl groups is 1. The number of urea groups is 1. The Kier molecular flexibility index (Phi) is 5.08. The van der Waals surface area contributed by atoms with Crippen molar-refractivity contribution in [3.63, 3.8) is 0 Å². The summed E-state index contributed by atoms with van der Waals surface area (Å²) in [5.41, 5.74) is -0.673. The van der Waals surface area contributed by atoms with Crippen LogP contribution in [-0.2, 0) is 0 Å². The highest BCUT2D eigenvalue weighted by molar-refractivity contribution is 5.74. The van der Waals surface area contributed by atoms with Crippen molar-refractivity contribution in [2.75, 3.05) is 19.6 Å². The largest absolute Gasteiger partial charge is 0.388 e. The van der Waals surface area contributed by atoms with E-state index in [1.54, 1.807) is 0 Å². The van der Waals surface area contributed by atoms with Crippen LogP contribution in [0.25, 0.3) is 0 Å². The van der Waals surface area contributed by atoms with Gasteiger partial charge in [-0.15, -0.1) is 0 Å². The van der Waals surface area contributed by atoms with Crippen molar-refractivity contribution in [3.8, 4) is 0 Å². The molecule has 0 unspecified atom stereocenters. The van der Waals surface area contributed by atoms with E-state index in [4.69, 9.17) is 0 Å². The second kappa shape index (κ2) is 6.60. The van der Waals surface area contributed by atoms with E-state index in [1.165, 1.54) is 12.8 Å². The van der Waals surface area contributed by atoms with Gasteiger partial charge in [-0.2, -0.15) is 0 Å². The minimum Gasteiger partial charge on any atom is -0.388 e. The van der Waals surface area contributed by atoms with Gasteiger partial charge < -0.3 is 15.3 Å². The van der Waals surface area contributed by atoms with Gasteiger partial charge in [0.25, 0.3) is 0 Å². The Morgan fingerprint density at radius 3 is 2.37 bits per heavy atom. The number of carbonyl (C=O) groups excluding carboxylic acids is 1. The van der Waals surface area contributed by atoms with Gasteiger partial charge in [-0.05, 0) is 44.4 Å². The Morgan fingerprint density at radius 1 is 1.21 bits per heavy atom. The molecular formula is C15H28N2O2. The summed E-state index contributed by atoms with van der Waals surface area (Å²) >= 11 is 0. The lowest BCUT2D eigenvalue weighted by atomic mass is 9.79. The molecule has 1 saturated heterocycles. The van der Waals surface area contributed by atoms with Gasteiger partial charge in [0.2, 0.25) is 0 Å². The van der Waals surface area contributed by atoms with E-state index in [2.05, 4.69) is 12.2 Å². The molecular weight excluding hydrogens is 240 g/mol. The fourth-order valence-corrected chi connectivity index (χ4v) is 3.10. The summed E-state index contributed by atoms with van der Waals surface area (Å²) in [6.45, 7) is 4.37. The van der Waals surface area contributed by atoms with Crippen LogP contribution < -0.4 is 5.32 Å². The van der Waals surface area contributed by atoms with Crippen LogP contribution >= 0.6 is 0 Å². The molecule has 110 valence electrons. The summed E-state index contributed by atoms with van der Waals surface area (Å²) in [7, 11) is 0. The lowest BCUT2D eigenvalue weighted by molar-refractivity contribution is -0.00472. The van der Waals surface area contributed by atoms with E-state index in [0.29, 0.717) is 12.5 Å². The zero-order chi connectivity index (χ0) is 13.7. The number of nitrogens with zero attached hydrogens (tertiary/aromatic N) is 1. The van der Waals surface area contributed by atoms with Crippen LogP contribution in [0.15, 0.2) is 0 Å². The molecule has 0 aromatic rings. The maximum atomic E-state index is 12.1. The molecule has 1 aliphatic heterocycles. The third-order valence-corrected chi connectivity index (χ3v) is 4.67. The van der Waals surface area contributed by atoms with Crippen molar-refractivity contribution in [2.24, 2.45) is 5.92 Å². The van der Waals surface area contributed by atoms with Crippen molar-refractivity contribution >= 4 is 6.03 Å². The maximum absolute atomic E-state index is 12.1. The molecule has 0 bridgehead atoms. The van der Waals surface area contributed by atoms with Gasteiger partial charge in [-0.3, -0.25) is 0 Å². The molecule has 0 aromatic carbocycles. The molecule has 0 radical (unpaired) electrons. The van der Waals surface area contributed by atoms with Gasteiger partial charge in [-0.1, -0.05) is 19.8 Å². The van der Waals surface area contributed by atoms with E-state index in [-0.39, 0.29) is 6.03 Å². The second-order valence-electron chi connectivity index (χ2n) is 6.47. The third-order valence-electron chi connectivity index (χ3n) is 4.67. The highest BCUT2D eigenvalue weighted by atomic mass is 16.3. The van der Waals surface area contributed by atoms with Gasteiger partial charge in [0.1, 0.15) is 0 Å². The van der Waals surface area contributed by atoms with Crippen LogP contribution in [0.3, 0.4) is 0 Å². The lowest BCUT2D eigenvalue weighted by Gasteiger charge is -2.35. The molecule has 1 aliphatic carbocycles. The molecule has 0 atom stereocenters. The van der Waals surface area contributed by atoms with Gasteiger partial charge in [0.05, 0.1) is 5.60 Å². The minimum absolute atomic E-state index is 0.00828. The van der Waals surface area contributed by atoms with Gasteiger partial charge in [0.15, 0.2) is 0 Å². The molecule has 1 heterocycles. The Morgan fingerprint density at radius 2 is 1.79 bits per heavy atom. The number of hydrogen-bond donors (Lipinski definition) is 2. The SMILES string of the molecule is CC1CCC(O)(CNC(=O)N2CCCCCC2)CC1. The smallest absolute Gasteiger partial charge is 0.317 e.